The quantitative estimate of drug-likeness (QED) is 0.412. The van der Waals surface area contributed by atoms with Crippen LogP contribution in [0.2, 0.25) is 0 Å². The lowest BCUT2D eigenvalue weighted by atomic mass is 9.97. The molecule has 2 aromatic carbocycles. The lowest BCUT2D eigenvalue weighted by molar-refractivity contribution is -0.157. The molecule has 4 N–H and O–H groups in total. The van der Waals surface area contributed by atoms with Gasteiger partial charge in [0.15, 0.2) is 0 Å². The van der Waals surface area contributed by atoms with Gasteiger partial charge in [-0.2, -0.15) is 0 Å². The van der Waals surface area contributed by atoms with Crippen LogP contribution in [-0.4, -0.2) is 64.6 Å². The van der Waals surface area contributed by atoms with Gasteiger partial charge in [-0.05, 0) is 73.6 Å². The molecule has 220 valence electrons. The van der Waals surface area contributed by atoms with Crippen LogP contribution in [0.5, 0.6) is 0 Å². The molecule has 4 rings (SSSR count). The summed E-state index contributed by atoms with van der Waals surface area (Å²) in [5.41, 5.74) is 4.61. The van der Waals surface area contributed by atoms with Crippen LogP contribution < -0.4 is 16.1 Å². The maximum absolute atomic E-state index is 13.3. The number of hydrogen-bond acceptors (Lipinski definition) is 7. The van der Waals surface area contributed by atoms with Crippen LogP contribution >= 0.6 is 0 Å². The molecule has 1 unspecified atom stereocenters. The van der Waals surface area contributed by atoms with Crippen molar-refractivity contribution < 1.29 is 29.0 Å². The maximum atomic E-state index is 13.3. The molecule has 2 aromatic rings. The van der Waals surface area contributed by atoms with Crippen LogP contribution in [0.1, 0.15) is 64.7 Å². The Morgan fingerprint density at radius 2 is 1.68 bits per heavy atom. The van der Waals surface area contributed by atoms with Crippen molar-refractivity contribution in [3.63, 3.8) is 0 Å². The number of amides is 3. The SMILES string of the molecule is CC(C)[C@@H]1NC(=O)C([C@H](C)O)/C=C/c2ccc3ccc(cc3c2)[C@@H](C)OC(=O)[C@@H]2CCCN(N2)C(=O)[C@H](C)NC1=O. The van der Waals surface area contributed by atoms with Crippen LogP contribution in [0, 0.1) is 11.8 Å². The zero-order valence-corrected chi connectivity index (χ0v) is 24.2. The third kappa shape index (κ3) is 7.12. The summed E-state index contributed by atoms with van der Waals surface area (Å²) in [4.78, 5) is 52.8. The maximum Gasteiger partial charge on any atom is 0.325 e. The molecule has 10 nitrogen and oxygen atoms in total. The molecule has 3 amide bonds. The first-order chi connectivity index (χ1) is 19.4. The Balaban J connectivity index is 1.71. The zero-order valence-electron chi connectivity index (χ0n) is 24.2. The molecule has 2 heterocycles. The molecule has 2 aliphatic heterocycles. The number of carbonyl (C=O) groups excluding carboxylic acids is 4. The molecule has 0 spiro atoms. The summed E-state index contributed by atoms with van der Waals surface area (Å²) in [5, 5.41) is 19.2. The van der Waals surface area contributed by atoms with Gasteiger partial charge in [0.25, 0.3) is 5.91 Å². The van der Waals surface area contributed by atoms with E-state index in [1.807, 2.05) is 36.4 Å². The van der Waals surface area contributed by atoms with Gasteiger partial charge in [-0.25, -0.2) is 5.43 Å². The van der Waals surface area contributed by atoms with E-state index < -0.39 is 59.9 Å². The molecular weight excluding hydrogens is 524 g/mol. The molecule has 0 aromatic heterocycles. The topological polar surface area (TPSA) is 137 Å². The van der Waals surface area contributed by atoms with Gasteiger partial charge in [0.1, 0.15) is 24.2 Å². The Labute approximate surface area is 240 Å². The molecule has 41 heavy (non-hydrogen) atoms. The number of nitrogens with zero attached hydrogens (tertiary/aromatic N) is 1. The van der Waals surface area contributed by atoms with Crippen LogP contribution in [-0.2, 0) is 23.9 Å². The first-order valence-corrected chi connectivity index (χ1v) is 14.2. The van der Waals surface area contributed by atoms with Gasteiger partial charge >= 0.3 is 5.97 Å². The summed E-state index contributed by atoms with van der Waals surface area (Å²) in [6.45, 7) is 8.84. The fourth-order valence-electron chi connectivity index (χ4n) is 5.14. The zero-order chi connectivity index (χ0) is 29.8. The van der Waals surface area contributed by atoms with Gasteiger partial charge in [0.2, 0.25) is 11.8 Å². The summed E-state index contributed by atoms with van der Waals surface area (Å²) in [6, 6.07) is 9.12. The highest BCUT2D eigenvalue weighted by atomic mass is 16.5. The molecule has 0 aliphatic carbocycles. The minimum Gasteiger partial charge on any atom is -0.457 e. The van der Waals surface area contributed by atoms with Crippen molar-refractivity contribution in [2.45, 2.75) is 77.8 Å². The lowest BCUT2D eigenvalue weighted by Gasteiger charge is -2.35. The van der Waals surface area contributed by atoms with Crippen LogP contribution in [0.3, 0.4) is 0 Å². The largest absolute Gasteiger partial charge is 0.457 e. The highest BCUT2D eigenvalue weighted by molar-refractivity contribution is 5.93. The monoisotopic (exact) mass is 564 g/mol. The first-order valence-electron chi connectivity index (χ1n) is 14.2. The van der Waals surface area contributed by atoms with E-state index in [4.69, 9.17) is 4.74 Å². The van der Waals surface area contributed by atoms with Crippen LogP contribution in [0.25, 0.3) is 16.8 Å². The number of aliphatic hydroxyl groups excluding tert-OH is 1. The third-order valence-corrected chi connectivity index (χ3v) is 7.68. The molecule has 0 saturated carbocycles. The normalized spacial score (nSPS) is 28.2. The number of hydrazine groups is 1. The molecule has 1 fully saturated rings. The first kappa shape index (κ1) is 30.2. The van der Waals surface area contributed by atoms with E-state index in [-0.39, 0.29) is 5.92 Å². The number of rotatable bonds is 2. The molecule has 5 bridgehead atoms. The number of esters is 1. The molecule has 1 saturated heterocycles. The summed E-state index contributed by atoms with van der Waals surface area (Å²) >= 11 is 0. The molecule has 10 heteroatoms. The average Bonchev–Trinajstić information content (AvgIpc) is 2.94. The van der Waals surface area contributed by atoms with E-state index >= 15 is 0 Å². The Bertz CT molecular complexity index is 1340. The van der Waals surface area contributed by atoms with Gasteiger partial charge < -0.3 is 20.5 Å². The predicted octanol–water partition coefficient (Wildman–Crippen LogP) is 2.61. The number of hydrogen-bond donors (Lipinski definition) is 4. The van der Waals surface area contributed by atoms with Crippen molar-refractivity contribution >= 4 is 40.5 Å². The molecule has 6 atom stereocenters. The number of benzene rings is 2. The second kappa shape index (κ2) is 12.8. The van der Waals surface area contributed by atoms with Crippen molar-refractivity contribution in [3.8, 4) is 0 Å². The smallest absolute Gasteiger partial charge is 0.325 e. The number of cyclic esters (lactones) is 1. The van der Waals surface area contributed by atoms with E-state index in [0.717, 1.165) is 21.9 Å². The number of nitrogens with one attached hydrogen (secondary N) is 3. The van der Waals surface area contributed by atoms with Gasteiger partial charge in [0, 0.05) is 6.54 Å². The van der Waals surface area contributed by atoms with E-state index in [1.165, 1.54) is 11.9 Å². The summed E-state index contributed by atoms with van der Waals surface area (Å²) in [6.07, 6.45) is 2.95. The molecule has 2 aliphatic rings. The summed E-state index contributed by atoms with van der Waals surface area (Å²) < 4.78 is 5.79. The average molecular weight is 565 g/mol. The Hall–Kier alpha value is -3.76. The fraction of sp³-hybridized carbons (Fsp3) is 0.484. The van der Waals surface area contributed by atoms with Gasteiger partial charge in [-0.3, -0.25) is 24.2 Å². The van der Waals surface area contributed by atoms with E-state index in [2.05, 4.69) is 16.1 Å². The highest BCUT2D eigenvalue weighted by Gasteiger charge is 2.34. The standard InChI is InChI=1S/C31H40N4O6/c1-17(2)27-29(38)32-18(3)30(39)35-14-6-7-26(34-35)31(40)41-20(5)23-12-11-22-10-8-21(15-24(22)16-23)9-13-25(19(4)36)28(37)33-27/h8-13,15-20,25-27,34,36H,6-7,14H2,1-5H3,(H,32,38)(H,33,37)/b13-9+/t18-,19-,20+,25?,26-,27-/m0/s1. The van der Waals surface area contributed by atoms with Crippen molar-refractivity contribution in [1.29, 1.82) is 0 Å². The number of aliphatic hydroxyl groups is 1. The Kier molecular flexibility index (Phi) is 9.45. The van der Waals surface area contributed by atoms with E-state index in [9.17, 15) is 24.3 Å². The highest BCUT2D eigenvalue weighted by Crippen LogP contribution is 2.25. The van der Waals surface area contributed by atoms with Gasteiger partial charge in [-0.15, -0.1) is 0 Å². The van der Waals surface area contributed by atoms with Crippen molar-refractivity contribution in [2.75, 3.05) is 6.54 Å². The van der Waals surface area contributed by atoms with E-state index in [0.29, 0.717) is 19.4 Å². The van der Waals surface area contributed by atoms with Crippen LogP contribution in [0.15, 0.2) is 42.5 Å². The van der Waals surface area contributed by atoms with Gasteiger partial charge in [-0.1, -0.05) is 50.3 Å². The fourth-order valence-corrected chi connectivity index (χ4v) is 5.14. The molecule has 0 radical (unpaired) electrons. The van der Waals surface area contributed by atoms with Gasteiger partial charge in [0.05, 0.1) is 12.0 Å². The van der Waals surface area contributed by atoms with Crippen LogP contribution in [0.4, 0.5) is 0 Å². The second-order valence-corrected chi connectivity index (χ2v) is 11.3. The Morgan fingerprint density at radius 1 is 0.951 bits per heavy atom. The predicted molar refractivity (Wildman–Crippen MR) is 155 cm³/mol. The lowest BCUT2D eigenvalue weighted by Crippen LogP contribution is -2.61. The van der Waals surface area contributed by atoms with E-state index in [1.54, 1.807) is 39.8 Å². The minimum absolute atomic E-state index is 0.287. The summed E-state index contributed by atoms with van der Waals surface area (Å²) in [5.74, 6) is -3.07. The number of ether oxygens (including phenoxy) is 1. The number of fused-ring (bicyclic) bond motifs is 4. The van der Waals surface area contributed by atoms with Crippen molar-refractivity contribution in [1.82, 2.24) is 21.1 Å². The second-order valence-electron chi connectivity index (χ2n) is 11.3. The number of carbonyl (C=O) groups is 4. The van der Waals surface area contributed by atoms with Crippen molar-refractivity contribution in [2.24, 2.45) is 11.8 Å². The molecular formula is C31H40N4O6. The van der Waals surface area contributed by atoms with Crippen molar-refractivity contribution in [3.05, 3.63) is 53.6 Å². The summed E-state index contributed by atoms with van der Waals surface area (Å²) in [7, 11) is 0. The third-order valence-electron chi connectivity index (χ3n) is 7.68. The Morgan fingerprint density at radius 3 is 2.39 bits per heavy atom. The minimum atomic E-state index is -1.01.